The maximum atomic E-state index is 12.0. The third-order valence-corrected chi connectivity index (χ3v) is 5.44. The number of aromatic nitrogens is 2. The van der Waals surface area contributed by atoms with E-state index in [1.54, 1.807) is 7.11 Å². The van der Waals surface area contributed by atoms with Crippen molar-refractivity contribution < 1.29 is 9.53 Å². The molecule has 35 heavy (non-hydrogen) atoms. The Balaban J connectivity index is 1.67. The molecule has 0 aliphatic rings. The van der Waals surface area contributed by atoms with Gasteiger partial charge < -0.3 is 20.3 Å². The molecule has 0 atom stereocenters. The monoisotopic (exact) mass is 487 g/mol. The molecule has 0 aliphatic heterocycles. The van der Waals surface area contributed by atoms with Crippen LogP contribution < -0.4 is 15.4 Å². The van der Waals surface area contributed by atoms with Gasteiger partial charge in [-0.15, -0.1) is 0 Å². The van der Waals surface area contributed by atoms with Gasteiger partial charge >= 0.3 is 0 Å². The highest BCUT2D eigenvalue weighted by atomic mass is 35.5. The number of carbonyl (C=O) groups excluding carboxylic acids is 1. The number of benzene rings is 3. The van der Waals surface area contributed by atoms with Crippen LogP contribution in [0.5, 0.6) is 5.75 Å². The Labute approximate surface area is 209 Å². The van der Waals surface area contributed by atoms with Crippen LogP contribution in [0.3, 0.4) is 0 Å². The zero-order valence-corrected chi connectivity index (χ0v) is 20.5. The summed E-state index contributed by atoms with van der Waals surface area (Å²) in [7, 11) is 5.33. The molecule has 0 fully saturated rings. The van der Waals surface area contributed by atoms with Gasteiger partial charge in [-0.3, -0.25) is 4.79 Å². The van der Waals surface area contributed by atoms with Gasteiger partial charge in [-0.25, -0.2) is 9.97 Å². The van der Waals surface area contributed by atoms with E-state index in [1.807, 2.05) is 97.9 Å². The van der Waals surface area contributed by atoms with Gasteiger partial charge in [0.25, 0.3) is 0 Å². The summed E-state index contributed by atoms with van der Waals surface area (Å²) in [4.78, 5) is 23.2. The van der Waals surface area contributed by atoms with E-state index in [9.17, 15) is 4.79 Å². The highest BCUT2D eigenvalue weighted by Crippen LogP contribution is 2.36. The lowest BCUT2D eigenvalue weighted by atomic mass is 10.1. The quantitative estimate of drug-likeness (QED) is 0.310. The number of ether oxygens (including phenoxy) is 1. The van der Waals surface area contributed by atoms with Gasteiger partial charge in [0.15, 0.2) is 5.82 Å². The first-order chi connectivity index (χ1) is 16.9. The van der Waals surface area contributed by atoms with Gasteiger partial charge in [0.1, 0.15) is 16.7 Å². The molecule has 1 heterocycles. The molecule has 1 aromatic heterocycles. The van der Waals surface area contributed by atoms with Crippen molar-refractivity contribution in [3.8, 4) is 28.3 Å². The first-order valence-electron chi connectivity index (χ1n) is 11.0. The highest BCUT2D eigenvalue weighted by molar-refractivity contribution is 6.33. The van der Waals surface area contributed by atoms with Crippen molar-refractivity contribution in [2.45, 2.75) is 0 Å². The fraction of sp³-hybridized carbons (Fsp3) is 0.148. The second-order valence-corrected chi connectivity index (χ2v) is 8.50. The molecule has 1 amide bonds. The van der Waals surface area contributed by atoms with Crippen molar-refractivity contribution in [1.29, 1.82) is 0 Å². The summed E-state index contributed by atoms with van der Waals surface area (Å²) in [6, 6.07) is 24.7. The van der Waals surface area contributed by atoms with Crippen LogP contribution in [0.15, 0.2) is 78.9 Å². The summed E-state index contributed by atoms with van der Waals surface area (Å²) in [5.74, 6) is 1.74. The zero-order valence-electron chi connectivity index (χ0n) is 19.7. The number of anilines is 3. The van der Waals surface area contributed by atoms with Crippen LogP contribution in [0.1, 0.15) is 0 Å². The van der Waals surface area contributed by atoms with E-state index in [4.69, 9.17) is 21.3 Å². The highest BCUT2D eigenvalue weighted by Gasteiger charge is 2.17. The minimum absolute atomic E-state index is 0.0752. The SMILES string of the molecule is COc1ccc(-c2nc(Cl)c(-c3ccccc3)c(Nc3ccc(NC(=O)CN(C)C)cc3)n2)cc1. The Morgan fingerprint density at radius 3 is 2.17 bits per heavy atom. The third kappa shape index (κ3) is 6.15. The van der Waals surface area contributed by atoms with Gasteiger partial charge in [0, 0.05) is 16.9 Å². The van der Waals surface area contributed by atoms with Gasteiger partial charge in [-0.1, -0.05) is 41.9 Å². The molecule has 0 saturated heterocycles. The summed E-state index contributed by atoms with van der Waals surface area (Å²) in [6.45, 7) is 0.314. The largest absolute Gasteiger partial charge is 0.497 e. The molecule has 0 radical (unpaired) electrons. The average molecular weight is 488 g/mol. The molecule has 7 nitrogen and oxygen atoms in total. The third-order valence-electron chi connectivity index (χ3n) is 5.17. The lowest BCUT2D eigenvalue weighted by Crippen LogP contribution is -2.27. The fourth-order valence-electron chi connectivity index (χ4n) is 3.52. The van der Waals surface area contributed by atoms with Crippen LogP contribution in [-0.4, -0.2) is 48.5 Å². The molecule has 8 heteroatoms. The number of hydrogen-bond acceptors (Lipinski definition) is 6. The molecular formula is C27H26ClN5O2. The maximum Gasteiger partial charge on any atom is 0.238 e. The van der Waals surface area contributed by atoms with Gasteiger partial charge in [0.2, 0.25) is 5.91 Å². The minimum atomic E-state index is -0.0752. The molecule has 4 rings (SSSR count). The number of rotatable bonds is 8. The van der Waals surface area contributed by atoms with Crippen molar-refractivity contribution in [2.24, 2.45) is 0 Å². The van der Waals surface area contributed by atoms with Gasteiger partial charge in [-0.2, -0.15) is 0 Å². The van der Waals surface area contributed by atoms with Crippen LogP contribution in [0.2, 0.25) is 5.15 Å². The molecule has 0 spiro atoms. The van der Waals surface area contributed by atoms with E-state index in [2.05, 4.69) is 15.6 Å². The summed E-state index contributed by atoms with van der Waals surface area (Å²) in [5.41, 5.74) is 3.92. The smallest absolute Gasteiger partial charge is 0.238 e. The average Bonchev–Trinajstić information content (AvgIpc) is 2.85. The summed E-state index contributed by atoms with van der Waals surface area (Å²) < 4.78 is 5.25. The second-order valence-electron chi connectivity index (χ2n) is 8.14. The summed E-state index contributed by atoms with van der Waals surface area (Å²) in [5, 5.41) is 6.60. The number of likely N-dealkylation sites (N-methyl/N-ethyl adjacent to an activating group) is 1. The summed E-state index contributed by atoms with van der Waals surface area (Å²) >= 11 is 6.70. The molecule has 4 aromatic rings. The molecule has 0 unspecified atom stereocenters. The van der Waals surface area contributed by atoms with Crippen LogP contribution in [0, 0.1) is 0 Å². The van der Waals surface area contributed by atoms with E-state index in [0.29, 0.717) is 34.6 Å². The van der Waals surface area contributed by atoms with Crippen molar-refractivity contribution in [3.05, 3.63) is 84.0 Å². The molecular weight excluding hydrogens is 462 g/mol. The first kappa shape index (κ1) is 24.2. The predicted octanol–water partition coefficient (Wildman–Crippen LogP) is 5.72. The van der Waals surface area contributed by atoms with E-state index in [1.165, 1.54) is 0 Å². The Morgan fingerprint density at radius 1 is 0.886 bits per heavy atom. The van der Waals surface area contributed by atoms with Crippen LogP contribution in [0.4, 0.5) is 17.2 Å². The molecule has 0 aliphatic carbocycles. The van der Waals surface area contributed by atoms with Crippen LogP contribution in [-0.2, 0) is 4.79 Å². The second kappa shape index (κ2) is 11.0. The number of nitrogens with zero attached hydrogens (tertiary/aromatic N) is 3. The molecule has 178 valence electrons. The standard InChI is InChI=1S/C27H26ClN5O2/c1-33(2)17-23(34)29-20-11-13-21(14-12-20)30-27-24(18-7-5-4-6-8-18)25(28)31-26(32-27)19-9-15-22(35-3)16-10-19/h4-16H,17H2,1-3H3,(H,29,34)(H,30,31,32). The van der Waals surface area contributed by atoms with Crippen molar-refractivity contribution >= 4 is 34.7 Å². The predicted molar refractivity (Wildman–Crippen MR) is 141 cm³/mol. The Morgan fingerprint density at radius 2 is 1.54 bits per heavy atom. The Hall–Kier alpha value is -3.94. The first-order valence-corrected chi connectivity index (χ1v) is 11.4. The molecule has 0 saturated carbocycles. The topological polar surface area (TPSA) is 79.4 Å². The molecule has 2 N–H and O–H groups in total. The normalized spacial score (nSPS) is 10.8. The number of hydrogen-bond donors (Lipinski definition) is 2. The lowest BCUT2D eigenvalue weighted by molar-refractivity contribution is -0.116. The Kier molecular flexibility index (Phi) is 7.60. The van der Waals surface area contributed by atoms with Crippen molar-refractivity contribution in [2.75, 3.05) is 38.4 Å². The maximum absolute atomic E-state index is 12.0. The number of amides is 1. The Bertz CT molecular complexity index is 1290. The van der Waals surface area contributed by atoms with E-state index >= 15 is 0 Å². The minimum Gasteiger partial charge on any atom is -0.497 e. The number of nitrogens with one attached hydrogen (secondary N) is 2. The van der Waals surface area contributed by atoms with Gasteiger partial charge in [0.05, 0.1) is 19.2 Å². The number of halogens is 1. The summed E-state index contributed by atoms with van der Waals surface area (Å²) in [6.07, 6.45) is 0. The van der Waals surface area contributed by atoms with Crippen LogP contribution in [0.25, 0.3) is 22.5 Å². The number of carbonyl (C=O) groups is 1. The van der Waals surface area contributed by atoms with E-state index in [-0.39, 0.29) is 5.91 Å². The van der Waals surface area contributed by atoms with Gasteiger partial charge in [-0.05, 0) is 68.2 Å². The van der Waals surface area contributed by atoms with Crippen molar-refractivity contribution in [1.82, 2.24) is 14.9 Å². The molecule has 0 bridgehead atoms. The van der Waals surface area contributed by atoms with E-state index < -0.39 is 0 Å². The zero-order chi connectivity index (χ0) is 24.8. The fourth-order valence-corrected chi connectivity index (χ4v) is 3.79. The number of methoxy groups -OCH3 is 1. The lowest BCUT2D eigenvalue weighted by Gasteiger charge is -2.15. The van der Waals surface area contributed by atoms with E-state index in [0.717, 1.165) is 22.6 Å². The van der Waals surface area contributed by atoms with Crippen molar-refractivity contribution in [3.63, 3.8) is 0 Å². The molecule has 3 aromatic carbocycles. The van der Waals surface area contributed by atoms with Crippen LogP contribution >= 0.6 is 11.6 Å².